The Morgan fingerprint density at radius 2 is 2.00 bits per heavy atom. The molecule has 0 bridgehead atoms. The second-order valence-corrected chi connectivity index (χ2v) is 6.27. The van der Waals surface area contributed by atoms with Crippen LogP contribution in [0.3, 0.4) is 0 Å². The molecule has 2 amide bonds. The number of benzene rings is 1. The predicted molar refractivity (Wildman–Crippen MR) is 92.2 cm³/mol. The third-order valence-corrected chi connectivity index (χ3v) is 4.11. The average molecular weight is 317 g/mol. The molecule has 0 saturated carbocycles. The molecule has 1 aliphatic heterocycles. The SMILES string of the molecule is C=C(C)CN1CCC(NC(=O)NC(CO)c2ccccc2)CC1. The van der Waals surface area contributed by atoms with Crippen LogP contribution in [0.25, 0.3) is 0 Å². The number of hydrogen-bond acceptors (Lipinski definition) is 3. The smallest absolute Gasteiger partial charge is 0.315 e. The lowest BCUT2D eigenvalue weighted by Crippen LogP contribution is -2.49. The van der Waals surface area contributed by atoms with Gasteiger partial charge in [-0.3, -0.25) is 4.90 Å². The zero-order valence-electron chi connectivity index (χ0n) is 13.8. The lowest BCUT2D eigenvalue weighted by atomic mass is 10.0. The van der Waals surface area contributed by atoms with E-state index in [1.54, 1.807) is 0 Å². The van der Waals surface area contributed by atoms with Gasteiger partial charge in [-0.05, 0) is 25.3 Å². The molecule has 1 aromatic rings. The lowest BCUT2D eigenvalue weighted by molar-refractivity contribution is 0.193. The minimum Gasteiger partial charge on any atom is -0.394 e. The number of nitrogens with one attached hydrogen (secondary N) is 2. The molecule has 0 aliphatic carbocycles. The highest BCUT2D eigenvalue weighted by Gasteiger charge is 2.21. The van der Waals surface area contributed by atoms with Gasteiger partial charge in [-0.25, -0.2) is 4.79 Å². The number of aliphatic hydroxyl groups is 1. The van der Waals surface area contributed by atoms with Crippen molar-refractivity contribution in [1.29, 1.82) is 0 Å². The molecule has 0 aromatic heterocycles. The van der Waals surface area contributed by atoms with E-state index >= 15 is 0 Å². The Kier molecular flexibility index (Phi) is 6.62. The van der Waals surface area contributed by atoms with E-state index in [0.717, 1.165) is 38.0 Å². The van der Waals surface area contributed by atoms with E-state index in [-0.39, 0.29) is 24.7 Å². The van der Waals surface area contributed by atoms with Crippen LogP contribution in [0.1, 0.15) is 31.4 Å². The van der Waals surface area contributed by atoms with Crippen LogP contribution >= 0.6 is 0 Å². The minimum absolute atomic E-state index is 0.117. The van der Waals surface area contributed by atoms with Crippen molar-refractivity contribution in [2.45, 2.75) is 31.8 Å². The first kappa shape index (κ1) is 17.5. The summed E-state index contributed by atoms with van der Waals surface area (Å²) in [5.41, 5.74) is 2.07. The molecule has 3 N–H and O–H groups in total. The first-order chi connectivity index (χ1) is 11.1. The van der Waals surface area contributed by atoms with Gasteiger partial charge in [0, 0.05) is 25.7 Å². The van der Waals surface area contributed by atoms with Crippen molar-refractivity contribution in [3.63, 3.8) is 0 Å². The molecule has 1 fully saturated rings. The van der Waals surface area contributed by atoms with Gasteiger partial charge in [-0.1, -0.05) is 42.5 Å². The first-order valence-electron chi connectivity index (χ1n) is 8.18. The molecule has 126 valence electrons. The highest BCUT2D eigenvalue weighted by Crippen LogP contribution is 2.13. The van der Waals surface area contributed by atoms with Crippen molar-refractivity contribution in [2.75, 3.05) is 26.2 Å². The quantitative estimate of drug-likeness (QED) is 0.704. The topological polar surface area (TPSA) is 64.6 Å². The van der Waals surface area contributed by atoms with E-state index in [4.69, 9.17) is 0 Å². The molecular weight excluding hydrogens is 290 g/mol. The van der Waals surface area contributed by atoms with Gasteiger partial charge in [-0.2, -0.15) is 0 Å². The van der Waals surface area contributed by atoms with E-state index in [1.165, 1.54) is 5.57 Å². The molecule has 5 nitrogen and oxygen atoms in total. The monoisotopic (exact) mass is 317 g/mol. The van der Waals surface area contributed by atoms with Crippen LogP contribution in [0.15, 0.2) is 42.5 Å². The Hall–Kier alpha value is -1.85. The highest BCUT2D eigenvalue weighted by molar-refractivity contribution is 5.74. The summed E-state index contributed by atoms with van der Waals surface area (Å²) < 4.78 is 0. The van der Waals surface area contributed by atoms with Gasteiger partial charge in [0.15, 0.2) is 0 Å². The van der Waals surface area contributed by atoms with Gasteiger partial charge in [-0.15, -0.1) is 0 Å². The summed E-state index contributed by atoms with van der Waals surface area (Å²) >= 11 is 0. The summed E-state index contributed by atoms with van der Waals surface area (Å²) in [6, 6.07) is 9.10. The van der Waals surface area contributed by atoms with Crippen molar-refractivity contribution in [3.05, 3.63) is 48.0 Å². The number of rotatable bonds is 6. The molecule has 0 spiro atoms. The van der Waals surface area contributed by atoms with Gasteiger partial charge in [0.1, 0.15) is 0 Å². The fourth-order valence-electron chi connectivity index (χ4n) is 2.92. The van der Waals surface area contributed by atoms with Crippen LogP contribution in [0, 0.1) is 0 Å². The number of piperidine rings is 1. The standard InChI is InChI=1S/C18H27N3O2/c1-14(2)12-21-10-8-16(9-11-21)19-18(23)20-17(13-22)15-6-4-3-5-7-15/h3-7,16-17,22H,1,8-13H2,2H3,(H2,19,20,23). The molecule has 1 unspecified atom stereocenters. The van der Waals surface area contributed by atoms with E-state index in [2.05, 4.69) is 22.1 Å². The molecule has 1 heterocycles. The molecule has 2 rings (SSSR count). The fourth-order valence-corrected chi connectivity index (χ4v) is 2.92. The molecule has 1 aliphatic rings. The summed E-state index contributed by atoms with van der Waals surface area (Å²) in [5, 5.41) is 15.4. The fraction of sp³-hybridized carbons (Fsp3) is 0.500. The van der Waals surface area contributed by atoms with E-state index in [9.17, 15) is 9.90 Å². The van der Waals surface area contributed by atoms with Crippen LogP contribution < -0.4 is 10.6 Å². The van der Waals surface area contributed by atoms with Crippen molar-refractivity contribution < 1.29 is 9.90 Å². The van der Waals surface area contributed by atoms with E-state index < -0.39 is 0 Å². The van der Waals surface area contributed by atoms with Crippen LogP contribution in [0.5, 0.6) is 0 Å². The summed E-state index contributed by atoms with van der Waals surface area (Å²) in [6.45, 7) is 8.74. The van der Waals surface area contributed by atoms with Crippen LogP contribution in [-0.4, -0.2) is 48.3 Å². The van der Waals surface area contributed by atoms with E-state index in [0.29, 0.717) is 0 Å². The number of hydrogen-bond donors (Lipinski definition) is 3. The maximum absolute atomic E-state index is 12.2. The zero-order chi connectivity index (χ0) is 16.7. The Bertz CT molecular complexity index is 510. The van der Waals surface area contributed by atoms with Gasteiger partial charge in [0.25, 0.3) is 0 Å². The summed E-state index contributed by atoms with van der Waals surface area (Å²) in [4.78, 5) is 14.5. The van der Waals surface area contributed by atoms with Gasteiger partial charge < -0.3 is 15.7 Å². The number of carbonyl (C=O) groups is 1. The molecule has 1 atom stereocenters. The van der Waals surface area contributed by atoms with Crippen LogP contribution in [-0.2, 0) is 0 Å². The highest BCUT2D eigenvalue weighted by atomic mass is 16.3. The third-order valence-electron chi connectivity index (χ3n) is 4.11. The first-order valence-corrected chi connectivity index (χ1v) is 8.18. The number of urea groups is 1. The molecule has 23 heavy (non-hydrogen) atoms. The van der Waals surface area contributed by atoms with Gasteiger partial charge in [0.05, 0.1) is 12.6 Å². The van der Waals surface area contributed by atoms with Crippen molar-refractivity contribution >= 4 is 6.03 Å². The second kappa shape index (κ2) is 8.70. The summed E-state index contributed by atoms with van der Waals surface area (Å²) in [7, 11) is 0. The van der Waals surface area contributed by atoms with Crippen LogP contribution in [0.4, 0.5) is 4.79 Å². The molecule has 0 radical (unpaired) electrons. The predicted octanol–water partition coefficient (Wildman–Crippen LogP) is 2.06. The largest absolute Gasteiger partial charge is 0.394 e. The zero-order valence-corrected chi connectivity index (χ0v) is 13.8. The van der Waals surface area contributed by atoms with Crippen molar-refractivity contribution in [3.8, 4) is 0 Å². The minimum atomic E-state index is -0.375. The van der Waals surface area contributed by atoms with Gasteiger partial charge in [0.2, 0.25) is 0 Å². The van der Waals surface area contributed by atoms with Gasteiger partial charge >= 0.3 is 6.03 Å². The Labute approximate surface area is 138 Å². The molecule has 5 heteroatoms. The number of aliphatic hydroxyl groups excluding tert-OH is 1. The number of amides is 2. The molecular formula is C18H27N3O2. The van der Waals surface area contributed by atoms with Crippen LogP contribution in [0.2, 0.25) is 0 Å². The number of nitrogens with zero attached hydrogens (tertiary/aromatic N) is 1. The van der Waals surface area contributed by atoms with Crippen molar-refractivity contribution in [2.24, 2.45) is 0 Å². The second-order valence-electron chi connectivity index (χ2n) is 6.27. The average Bonchev–Trinajstić information content (AvgIpc) is 2.55. The Morgan fingerprint density at radius 1 is 1.35 bits per heavy atom. The normalized spacial score (nSPS) is 17.5. The Balaban J connectivity index is 1.78. The lowest BCUT2D eigenvalue weighted by Gasteiger charge is -2.32. The summed E-state index contributed by atoms with van der Waals surface area (Å²) in [5.74, 6) is 0. The number of carbonyl (C=O) groups excluding carboxylic acids is 1. The third kappa shape index (κ3) is 5.69. The Morgan fingerprint density at radius 3 is 2.57 bits per heavy atom. The number of likely N-dealkylation sites (tertiary alicyclic amines) is 1. The molecule has 1 saturated heterocycles. The maximum Gasteiger partial charge on any atom is 0.315 e. The molecule has 1 aromatic carbocycles. The van der Waals surface area contributed by atoms with Crippen molar-refractivity contribution in [1.82, 2.24) is 15.5 Å². The maximum atomic E-state index is 12.2. The summed E-state index contributed by atoms with van der Waals surface area (Å²) in [6.07, 6.45) is 1.88. The van der Waals surface area contributed by atoms with E-state index in [1.807, 2.05) is 37.3 Å².